The first-order valence-electron chi connectivity index (χ1n) is 11.2. The highest BCUT2D eigenvalue weighted by Gasteiger charge is 2.29. The van der Waals surface area contributed by atoms with Crippen molar-refractivity contribution in [2.75, 3.05) is 0 Å². The van der Waals surface area contributed by atoms with Gasteiger partial charge in [0, 0.05) is 18.9 Å². The quantitative estimate of drug-likeness (QED) is 0.510. The Balaban J connectivity index is 1.32. The minimum Gasteiger partial charge on any atom is -0.508 e. The van der Waals surface area contributed by atoms with Gasteiger partial charge in [-0.15, -0.1) is 0 Å². The van der Waals surface area contributed by atoms with Gasteiger partial charge in [0.2, 0.25) is 5.91 Å². The van der Waals surface area contributed by atoms with Crippen molar-refractivity contribution in [1.29, 1.82) is 0 Å². The van der Waals surface area contributed by atoms with Gasteiger partial charge >= 0.3 is 5.97 Å². The lowest BCUT2D eigenvalue weighted by Crippen LogP contribution is -2.45. The van der Waals surface area contributed by atoms with Crippen LogP contribution in [-0.2, 0) is 22.6 Å². The van der Waals surface area contributed by atoms with E-state index in [2.05, 4.69) is 10.3 Å². The predicted octanol–water partition coefficient (Wildman–Crippen LogP) is 2.72. The molecule has 1 aliphatic carbocycles. The number of fused-ring (bicyclic) bond motifs is 1. The predicted molar refractivity (Wildman–Crippen MR) is 123 cm³/mol. The van der Waals surface area contributed by atoms with Crippen LogP contribution in [0.4, 0.5) is 0 Å². The molecule has 1 aliphatic rings. The first-order valence-corrected chi connectivity index (χ1v) is 11.2. The van der Waals surface area contributed by atoms with Crippen molar-refractivity contribution in [3.05, 3.63) is 70.8 Å². The number of para-hydroxylation sites is 1. The third kappa shape index (κ3) is 5.39. The largest absolute Gasteiger partial charge is 0.508 e. The maximum Gasteiger partial charge on any atom is 0.326 e. The van der Waals surface area contributed by atoms with Crippen LogP contribution in [0.5, 0.6) is 5.75 Å². The molecule has 8 nitrogen and oxygen atoms in total. The molecule has 33 heavy (non-hydrogen) atoms. The van der Waals surface area contributed by atoms with Crippen LogP contribution >= 0.6 is 0 Å². The first kappa shape index (κ1) is 22.5. The number of nitrogens with one attached hydrogen (secondary N) is 1. The van der Waals surface area contributed by atoms with Crippen molar-refractivity contribution in [3.63, 3.8) is 0 Å². The number of aromatic hydroxyl groups is 1. The second kappa shape index (κ2) is 9.85. The number of carboxylic acids is 1. The number of benzene rings is 2. The highest BCUT2D eigenvalue weighted by atomic mass is 16.4. The van der Waals surface area contributed by atoms with Crippen LogP contribution in [0.2, 0.25) is 0 Å². The second-order valence-electron chi connectivity index (χ2n) is 8.71. The Labute approximate surface area is 190 Å². The summed E-state index contributed by atoms with van der Waals surface area (Å²) in [5.41, 5.74) is 1.34. The Morgan fingerprint density at radius 2 is 1.76 bits per heavy atom. The fraction of sp³-hybridized carbons (Fsp3) is 0.360. The van der Waals surface area contributed by atoms with Crippen molar-refractivity contribution in [3.8, 4) is 5.75 Å². The van der Waals surface area contributed by atoms with E-state index in [9.17, 15) is 24.6 Å². The molecule has 1 saturated carbocycles. The number of phenolic OH excluding ortho intramolecular Hbond substituents is 1. The van der Waals surface area contributed by atoms with Crippen LogP contribution in [-0.4, -0.2) is 37.7 Å². The number of carboxylic acid groups (broad SMARTS) is 1. The fourth-order valence-corrected chi connectivity index (χ4v) is 4.48. The molecule has 1 fully saturated rings. The van der Waals surface area contributed by atoms with Gasteiger partial charge in [-0.05, 0) is 61.4 Å². The summed E-state index contributed by atoms with van der Waals surface area (Å²) in [4.78, 5) is 41.5. The molecule has 8 heteroatoms. The Morgan fingerprint density at radius 1 is 1.06 bits per heavy atom. The molecular formula is C25H27N3O5. The number of amides is 1. The van der Waals surface area contributed by atoms with Gasteiger partial charge in [0.15, 0.2) is 0 Å². The van der Waals surface area contributed by atoms with Gasteiger partial charge in [0.25, 0.3) is 5.56 Å². The van der Waals surface area contributed by atoms with Crippen molar-refractivity contribution in [1.82, 2.24) is 14.9 Å². The molecule has 3 N–H and O–H groups in total. The van der Waals surface area contributed by atoms with Gasteiger partial charge < -0.3 is 15.5 Å². The molecule has 1 atom stereocenters. The van der Waals surface area contributed by atoms with Crippen molar-refractivity contribution in [2.24, 2.45) is 11.8 Å². The zero-order valence-corrected chi connectivity index (χ0v) is 18.2. The van der Waals surface area contributed by atoms with E-state index in [1.54, 1.807) is 29.1 Å². The minimum absolute atomic E-state index is 0.0565. The molecule has 0 unspecified atom stereocenters. The van der Waals surface area contributed by atoms with Gasteiger partial charge in [0.05, 0.1) is 17.2 Å². The lowest BCUT2D eigenvalue weighted by atomic mass is 9.81. The molecule has 0 radical (unpaired) electrons. The maximum absolute atomic E-state index is 12.7. The summed E-state index contributed by atoms with van der Waals surface area (Å²) in [7, 11) is 0. The monoisotopic (exact) mass is 449 g/mol. The molecule has 0 saturated heterocycles. The van der Waals surface area contributed by atoms with E-state index in [-0.39, 0.29) is 35.5 Å². The number of aromatic nitrogens is 2. The number of nitrogens with zero attached hydrogens (tertiary/aromatic N) is 2. The lowest BCUT2D eigenvalue weighted by molar-refractivity contribution is -0.142. The molecule has 4 rings (SSSR count). The highest BCUT2D eigenvalue weighted by molar-refractivity contribution is 5.85. The van der Waals surface area contributed by atoms with Crippen molar-refractivity contribution < 1.29 is 19.8 Å². The number of aliphatic carboxylic acids is 1. The third-order valence-electron chi connectivity index (χ3n) is 6.39. The van der Waals surface area contributed by atoms with Gasteiger partial charge in [-0.25, -0.2) is 9.78 Å². The van der Waals surface area contributed by atoms with E-state index in [1.807, 2.05) is 18.2 Å². The molecule has 1 amide bonds. The summed E-state index contributed by atoms with van der Waals surface area (Å²) in [5.74, 6) is -1.21. The number of hydrogen-bond donors (Lipinski definition) is 3. The summed E-state index contributed by atoms with van der Waals surface area (Å²) in [6, 6.07) is 12.5. The van der Waals surface area contributed by atoms with E-state index in [4.69, 9.17) is 0 Å². The summed E-state index contributed by atoms with van der Waals surface area (Å²) >= 11 is 0. The number of phenols is 1. The molecule has 0 bridgehead atoms. The molecule has 1 aromatic heterocycles. The zero-order valence-electron chi connectivity index (χ0n) is 18.2. The Morgan fingerprint density at radius 3 is 2.45 bits per heavy atom. The van der Waals surface area contributed by atoms with Crippen LogP contribution in [0.3, 0.4) is 0 Å². The molecule has 0 aliphatic heterocycles. The normalized spacial score (nSPS) is 19.2. The SMILES string of the molecule is O=C(N[C@H](Cc1ccc(O)cc1)C(=O)O)C1CCC(Cn2cnc3ccccc3c2=O)CC1. The Hall–Kier alpha value is -3.68. The smallest absolute Gasteiger partial charge is 0.326 e. The molecule has 172 valence electrons. The van der Waals surface area contributed by atoms with Crippen LogP contribution < -0.4 is 10.9 Å². The van der Waals surface area contributed by atoms with Gasteiger partial charge in [0.1, 0.15) is 11.8 Å². The maximum atomic E-state index is 12.7. The number of hydrogen-bond acceptors (Lipinski definition) is 5. The highest BCUT2D eigenvalue weighted by Crippen LogP contribution is 2.30. The summed E-state index contributed by atoms with van der Waals surface area (Å²) in [6.45, 7) is 0.559. The molecule has 2 aromatic carbocycles. The topological polar surface area (TPSA) is 122 Å². The van der Waals surface area contributed by atoms with Crippen LogP contribution in [0.25, 0.3) is 10.9 Å². The molecule has 0 spiro atoms. The van der Waals surface area contributed by atoms with Crippen molar-refractivity contribution in [2.45, 2.75) is 44.7 Å². The summed E-state index contributed by atoms with van der Waals surface area (Å²) < 4.78 is 1.64. The first-order chi connectivity index (χ1) is 15.9. The summed E-state index contributed by atoms with van der Waals surface area (Å²) in [6.07, 6.45) is 4.61. The Bertz CT molecular complexity index is 1200. The fourth-order valence-electron chi connectivity index (χ4n) is 4.48. The molecular weight excluding hydrogens is 422 g/mol. The van der Waals surface area contributed by atoms with E-state index >= 15 is 0 Å². The van der Waals surface area contributed by atoms with Crippen LogP contribution in [0, 0.1) is 11.8 Å². The summed E-state index contributed by atoms with van der Waals surface area (Å²) in [5, 5.41) is 22.2. The van der Waals surface area contributed by atoms with Crippen LogP contribution in [0.15, 0.2) is 59.7 Å². The van der Waals surface area contributed by atoms with Crippen LogP contribution in [0.1, 0.15) is 31.2 Å². The second-order valence-corrected chi connectivity index (χ2v) is 8.71. The third-order valence-corrected chi connectivity index (χ3v) is 6.39. The zero-order chi connectivity index (χ0) is 23.4. The van der Waals surface area contributed by atoms with Crippen molar-refractivity contribution >= 4 is 22.8 Å². The average Bonchev–Trinajstić information content (AvgIpc) is 2.82. The Kier molecular flexibility index (Phi) is 6.72. The average molecular weight is 450 g/mol. The van der Waals surface area contributed by atoms with E-state index in [0.29, 0.717) is 30.3 Å². The van der Waals surface area contributed by atoms with E-state index < -0.39 is 12.0 Å². The van der Waals surface area contributed by atoms with E-state index in [0.717, 1.165) is 18.4 Å². The number of rotatable bonds is 7. The van der Waals surface area contributed by atoms with Gasteiger partial charge in [-0.3, -0.25) is 14.2 Å². The number of carbonyl (C=O) groups excluding carboxylic acids is 1. The van der Waals surface area contributed by atoms with Gasteiger partial charge in [-0.1, -0.05) is 24.3 Å². The molecule has 1 heterocycles. The van der Waals surface area contributed by atoms with E-state index in [1.165, 1.54) is 12.1 Å². The minimum atomic E-state index is -1.09. The van der Waals surface area contributed by atoms with Gasteiger partial charge in [-0.2, -0.15) is 0 Å². The lowest BCUT2D eigenvalue weighted by Gasteiger charge is -2.29. The molecule has 3 aromatic rings. The standard InChI is InChI=1S/C25H27N3O5/c29-19-11-7-16(8-12-19)13-22(25(32)33)27-23(30)18-9-5-17(6-10-18)14-28-15-26-21-4-2-1-3-20(21)24(28)31/h1-4,7-8,11-12,15,17-18,22,29H,5-6,9-10,13-14H2,(H,27,30)(H,32,33)/t17?,18?,22-/m1/s1. The number of carbonyl (C=O) groups is 2.